The molecule has 0 bridgehead atoms. The van der Waals surface area contributed by atoms with Crippen molar-refractivity contribution in [3.63, 3.8) is 0 Å². The zero-order valence-corrected chi connectivity index (χ0v) is 47.8. The second-order valence-corrected chi connectivity index (χ2v) is 17.6. The minimum Gasteiger partial charge on any atom is -0.508 e. The third-order valence-electron chi connectivity index (χ3n) is 8.99. The number of hydrogen-bond acceptors (Lipinski definition) is 16. The fraction of sp³-hybridized carbons (Fsp3) is 0.352. The van der Waals surface area contributed by atoms with Crippen LogP contribution in [-0.4, -0.2) is 95.1 Å². The number of nitrogens with one attached hydrogen (secondary N) is 5. The van der Waals surface area contributed by atoms with Crippen LogP contribution < -0.4 is 45.5 Å². The number of carbonyl (C=O) groups excluding carboxylic acids is 5. The first kappa shape index (κ1) is 68.8. The van der Waals surface area contributed by atoms with Gasteiger partial charge in [0, 0.05) is 80.1 Å². The number of ether oxygens (including phenoxy) is 4. The largest absolute Gasteiger partial charge is 0.508 e. The predicted octanol–water partition coefficient (Wildman–Crippen LogP) is 11.0. The number of anilines is 5. The number of unbranched alkanes of at least 4 members (excludes halogenated alkanes) is 2. The van der Waals surface area contributed by atoms with Gasteiger partial charge in [0.15, 0.2) is 0 Å². The lowest BCUT2D eigenvalue weighted by Crippen LogP contribution is -2.07. The number of alkyl halides is 2. The number of phenolic OH excluding ortho intramolecular Hbond substituents is 1. The quantitative estimate of drug-likeness (QED) is 0.00936. The summed E-state index contributed by atoms with van der Waals surface area (Å²) in [5.41, 5.74) is 3.66. The van der Waals surface area contributed by atoms with E-state index in [9.17, 15) is 44.2 Å². The van der Waals surface area contributed by atoms with E-state index in [1.165, 1.54) is 46.8 Å². The second kappa shape index (κ2) is 42.9. The number of phenols is 1. The SMILES string of the molecule is CC(=O)Nc1ccc(O)cc1.CC(=O)Nc1ccc(OCCCBr)cc1.CC(=O)Nc1ccc(OCCCCBr)cc1.CC(=O)Nc1ccc(OCCCCO[N+](=O)[O-])cc1.CC(=O)Nc1ccc(OCCCO[N+](=O)[O-])cc1. The summed E-state index contributed by atoms with van der Waals surface area (Å²) < 4.78 is 21.8. The van der Waals surface area contributed by atoms with Gasteiger partial charge in [-0.3, -0.25) is 24.0 Å². The molecule has 79 heavy (non-hydrogen) atoms. The highest BCUT2D eigenvalue weighted by molar-refractivity contribution is 9.09. The summed E-state index contributed by atoms with van der Waals surface area (Å²) in [7, 11) is 0. The molecule has 0 saturated carbocycles. The number of amides is 5. The Labute approximate surface area is 475 Å². The molecule has 25 heteroatoms. The molecule has 0 fully saturated rings. The van der Waals surface area contributed by atoms with E-state index < -0.39 is 10.2 Å². The van der Waals surface area contributed by atoms with Gasteiger partial charge in [-0.15, -0.1) is 20.2 Å². The molecule has 5 rings (SSSR count). The molecule has 5 amide bonds. The number of carbonyl (C=O) groups is 5. The van der Waals surface area contributed by atoms with Crippen molar-refractivity contribution in [3.05, 3.63) is 142 Å². The van der Waals surface area contributed by atoms with Crippen molar-refractivity contribution in [2.45, 2.75) is 73.1 Å². The Balaban J connectivity index is 0.000000498. The lowest BCUT2D eigenvalue weighted by atomic mass is 10.3. The molecule has 6 N–H and O–H groups in total. The normalized spacial score (nSPS) is 9.66. The van der Waals surface area contributed by atoms with Crippen LogP contribution in [-0.2, 0) is 33.6 Å². The van der Waals surface area contributed by atoms with Crippen LogP contribution in [0.1, 0.15) is 73.1 Å². The Bertz CT molecular complexity index is 2530. The molecule has 0 atom stereocenters. The fourth-order valence-electron chi connectivity index (χ4n) is 5.65. The Hall–Kier alpha value is -8.19. The van der Waals surface area contributed by atoms with Gasteiger partial charge in [0.2, 0.25) is 29.5 Å². The van der Waals surface area contributed by atoms with Crippen molar-refractivity contribution in [1.29, 1.82) is 0 Å². The Morgan fingerprint density at radius 2 is 0.608 bits per heavy atom. The standard InChI is InChI=1S/C12H16BrNO2.C12H16N2O5.C11H14BrNO2.C11H14N2O5.C8H9NO2/c1-10(15)14-11-4-6-12(7-5-11)16-9-3-2-8-13;1-10(15)13-11-4-6-12(7-5-11)18-8-2-3-9-19-14(16)17;1-9(14)13-10-3-5-11(6-4-10)15-8-2-7-12;1-9(14)12-10-3-5-11(6-4-10)17-7-2-8-18-13(15)16;1-6(10)9-7-2-4-8(11)5-3-7/h4-7H,2-3,8-9H2,1H3,(H,14,15);4-7H,2-3,8-9H2,1H3,(H,13,15);3-6H,2,7-8H2,1H3,(H,13,14);3-6H,2,7-8H2,1H3,(H,12,14);2-5,11H,1H3,(H,9,10). The zero-order chi connectivity index (χ0) is 58.6. The van der Waals surface area contributed by atoms with E-state index >= 15 is 0 Å². The maximum atomic E-state index is 10.8. The number of halogens is 2. The van der Waals surface area contributed by atoms with Gasteiger partial charge in [0.25, 0.3) is 10.2 Å². The molecule has 5 aromatic carbocycles. The monoisotopic (exact) mass is 1230 g/mol. The van der Waals surface area contributed by atoms with Crippen LogP contribution in [0.4, 0.5) is 28.4 Å². The van der Waals surface area contributed by atoms with Gasteiger partial charge in [-0.25, -0.2) is 0 Å². The highest BCUT2D eigenvalue weighted by Crippen LogP contribution is 2.19. The molecule has 0 heterocycles. The van der Waals surface area contributed by atoms with Gasteiger partial charge >= 0.3 is 0 Å². The molecule has 0 radical (unpaired) electrons. The molecule has 0 aliphatic rings. The van der Waals surface area contributed by atoms with Crippen molar-refractivity contribution < 1.29 is 67.9 Å². The van der Waals surface area contributed by atoms with E-state index in [4.69, 9.17) is 24.1 Å². The van der Waals surface area contributed by atoms with Crippen molar-refractivity contribution in [3.8, 4) is 28.7 Å². The first-order valence-electron chi connectivity index (χ1n) is 24.5. The fourth-order valence-corrected chi connectivity index (χ4v) is 6.28. The predicted molar refractivity (Wildman–Crippen MR) is 309 cm³/mol. The average Bonchev–Trinajstić information content (AvgIpc) is 3.39. The van der Waals surface area contributed by atoms with Crippen molar-refractivity contribution in [2.24, 2.45) is 0 Å². The molecule has 0 aromatic heterocycles. The summed E-state index contributed by atoms with van der Waals surface area (Å²) >= 11 is 6.71. The number of nitrogens with zero attached hydrogens (tertiary/aromatic N) is 2. The lowest BCUT2D eigenvalue weighted by Gasteiger charge is -2.07. The van der Waals surface area contributed by atoms with E-state index in [-0.39, 0.29) is 48.5 Å². The van der Waals surface area contributed by atoms with Gasteiger partial charge in [0.05, 0.1) is 39.6 Å². The van der Waals surface area contributed by atoms with Crippen molar-refractivity contribution in [1.82, 2.24) is 0 Å². The number of aromatic hydroxyl groups is 1. The van der Waals surface area contributed by atoms with Crippen LogP contribution in [0.25, 0.3) is 0 Å². The topological polar surface area (TPSA) is 307 Å². The molecule has 0 unspecified atom stereocenters. The van der Waals surface area contributed by atoms with Gasteiger partial charge < -0.3 is 60.3 Å². The van der Waals surface area contributed by atoms with E-state index in [0.717, 1.165) is 59.4 Å². The van der Waals surface area contributed by atoms with E-state index in [0.29, 0.717) is 67.6 Å². The van der Waals surface area contributed by atoms with Crippen molar-refractivity contribution >= 4 is 89.8 Å². The smallest absolute Gasteiger partial charge is 0.294 e. The molecule has 5 aromatic rings. The average molecular weight is 1230 g/mol. The molecule has 0 aliphatic heterocycles. The first-order valence-corrected chi connectivity index (χ1v) is 26.8. The second-order valence-electron chi connectivity index (χ2n) is 16.1. The summed E-state index contributed by atoms with van der Waals surface area (Å²) in [5.74, 6) is 2.66. The van der Waals surface area contributed by atoms with Crippen molar-refractivity contribution in [2.75, 3.05) is 76.9 Å². The molecule has 0 saturated heterocycles. The highest BCUT2D eigenvalue weighted by atomic mass is 79.9. The summed E-state index contributed by atoms with van der Waals surface area (Å²) in [6.07, 6.45) is 4.79. The Kier molecular flexibility index (Phi) is 37.3. The summed E-state index contributed by atoms with van der Waals surface area (Å²) in [4.78, 5) is 81.7. The highest BCUT2D eigenvalue weighted by Gasteiger charge is 2.03. The molecule has 0 aliphatic carbocycles. The minimum atomic E-state index is -0.831. The number of benzene rings is 5. The van der Waals surface area contributed by atoms with Crippen LogP contribution in [0.5, 0.6) is 28.7 Å². The van der Waals surface area contributed by atoms with Gasteiger partial charge in [0.1, 0.15) is 28.7 Å². The third kappa shape index (κ3) is 39.8. The molecular formula is C54H69Br2N7O16. The van der Waals surface area contributed by atoms with Gasteiger partial charge in [-0.2, -0.15) is 0 Å². The van der Waals surface area contributed by atoms with E-state index in [1.807, 2.05) is 48.5 Å². The maximum absolute atomic E-state index is 10.8. The lowest BCUT2D eigenvalue weighted by molar-refractivity contribution is -0.757. The number of rotatable bonds is 27. The first-order chi connectivity index (χ1) is 37.8. The van der Waals surface area contributed by atoms with Gasteiger partial charge in [-0.05, 0) is 153 Å². The molecule has 430 valence electrons. The minimum absolute atomic E-state index is 0.0109. The van der Waals surface area contributed by atoms with E-state index in [2.05, 4.69) is 68.1 Å². The summed E-state index contributed by atoms with van der Waals surface area (Å²) in [6.45, 7) is 9.59. The third-order valence-corrected chi connectivity index (χ3v) is 10.1. The van der Waals surface area contributed by atoms with E-state index in [1.54, 1.807) is 60.7 Å². The molecular weight excluding hydrogens is 1160 g/mol. The molecule has 23 nitrogen and oxygen atoms in total. The van der Waals surface area contributed by atoms with Crippen LogP contribution in [0, 0.1) is 20.2 Å². The van der Waals surface area contributed by atoms with Crippen LogP contribution in [0.3, 0.4) is 0 Å². The Morgan fingerprint density at radius 3 is 0.873 bits per heavy atom. The van der Waals surface area contributed by atoms with Crippen LogP contribution in [0.2, 0.25) is 0 Å². The summed E-state index contributed by atoms with van der Waals surface area (Å²) in [5, 5.41) is 42.2. The van der Waals surface area contributed by atoms with Crippen LogP contribution in [0.15, 0.2) is 121 Å². The van der Waals surface area contributed by atoms with Gasteiger partial charge in [-0.1, -0.05) is 31.9 Å². The molecule has 0 spiro atoms. The summed E-state index contributed by atoms with van der Waals surface area (Å²) in [6, 6.07) is 34.9. The maximum Gasteiger partial charge on any atom is 0.294 e. The zero-order valence-electron chi connectivity index (χ0n) is 44.7. The number of hydrogen-bond donors (Lipinski definition) is 6. The Morgan fingerprint density at radius 1 is 0.380 bits per heavy atom. The van der Waals surface area contributed by atoms with Crippen LogP contribution >= 0.6 is 31.9 Å².